The number of hydrogen-bond acceptors (Lipinski definition) is 3. The molecule has 0 spiro atoms. The molecule has 3 N–H and O–H groups in total. The van der Waals surface area contributed by atoms with Crippen molar-refractivity contribution in [2.75, 3.05) is 17.6 Å². The molecule has 0 bridgehead atoms. The quantitative estimate of drug-likeness (QED) is 0.801. The Morgan fingerprint density at radius 1 is 1.33 bits per heavy atom. The van der Waals surface area contributed by atoms with Crippen molar-refractivity contribution < 1.29 is 0 Å². The van der Waals surface area contributed by atoms with Crippen LogP contribution in [0.2, 0.25) is 0 Å². The molecule has 0 amide bonds. The average molecular weight is 207 g/mol. The van der Waals surface area contributed by atoms with Crippen LogP contribution in [-0.2, 0) is 0 Å². The second-order valence-electron chi connectivity index (χ2n) is 5.13. The fourth-order valence-corrected chi connectivity index (χ4v) is 1.26. The van der Waals surface area contributed by atoms with Gasteiger partial charge in [-0.05, 0) is 30.9 Å². The lowest BCUT2D eigenvalue weighted by atomic mass is 9.92. The molecule has 0 saturated heterocycles. The van der Waals surface area contributed by atoms with Crippen molar-refractivity contribution in [3.63, 3.8) is 0 Å². The first kappa shape index (κ1) is 11.8. The van der Waals surface area contributed by atoms with Crippen LogP contribution in [0.3, 0.4) is 0 Å². The lowest BCUT2D eigenvalue weighted by Gasteiger charge is -2.18. The predicted molar refractivity (Wildman–Crippen MR) is 65.9 cm³/mol. The summed E-state index contributed by atoms with van der Waals surface area (Å²) in [6.45, 7) is 9.55. The molecule has 0 aromatic carbocycles. The average Bonchev–Trinajstić information content (AvgIpc) is 2.09. The van der Waals surface area contributed by atoms with Crippen molar-refractivity contribution in [2.24, 2.45) is 5.41 Å². The number of nitrogen functional groups attached to an aromatic ring is 1. The van der Waals surface area contributed by atoms with Crippen LogP contribution in [0.1, 0.15) is 32.9 Å². The molecule has 1 aromatic heterocycles. The predicted octanol–water partition coefficient (Wildman–Crippen LogP) is 2.82. The molecule has 3 heteroatoms. The molecular formula is C12H21N3. The van der Waals surface area contributed by atoms with Crippen molar-refractivity contribution >= 4 is 11.5 Å². The monoisotopic (exact) mass is 207 g/mol. The molecular weight excluding hydrogens is 186 g/mol. The summed E-state index contributed by atoms with van der Waals surface area (Å²) in [6.07, 6.45) is 1.10. The molecule has 0 saturated carbocycles. The normalized spacial score (nSPS) is 11.5. The van der Waals surface area contributed by atoms with Gasteiger partial charge in [0.25, 0.3) is 0 Å². The van der Waals surface area contributed by atoms with Gasteiger partial charge in [0.05, 0.1) is 5.69 Å². The molecule has 1 aromatic rings. The maximum absolute atomic E-state index is 5.81. The van der Waals surface area contributed by atoms with Gasteiger partial charge in [-0.25, -0.2) is 4.98 Å². The number of aryl methyl sites for hydroxylation is 1. The Bertz CT molecular complexity index is 326. The third kappa shape index (κ3) is 4.19. The summed E-state index contributed by atoms with van der Waals surface area (Å²) < 4.78 is 0. The Balaban J connectivity index is 2.54. The Labute approximate surface area is 92.1 Å². The SMILES string of the molecule is Cc1ccc(N)c(NCCC(C)(C)C)n1. The minimum absolute atomic E-state index is 0.339. The second-order valence-corrected chi connectivity index (χ2v) is 5.13. The maximum atomic E-state index is 5.81. The molecule has 0 aliphatic rings. The molecule has 0 radical (unpaired) electrons. The molecule has 15 heavy (non-hydrogen) atoms. The van der Waals surface area contributed by atoms with Gasteiger partial charge in [0.2, 0.25) is 0 Å². The third-order valence-corrected chi connectivity index (χ3v) is 2.23. The van der Waals surface area contributed by atoms with E-state index >= 15 is 0 Å². The fourth-order valence-electron chi connectivity index (χ4n) is 1.26. The third-order valence-electron chi connectivity index (χ3n) is 2.23. The topological polar surface area (TPSA) is 50.9 Å². The zero-order chi connectivity index (χ0) is 11.5. The van der Waals surface area contributed by atoms with Crippen LogP contribution in [-0.4, -0.2) is 11.5 Å². The molecule has 1 rings (SSSR count). The van der Waals surface area contributed by atoms with E-state index < -0.39 is 0 Å². The summed E-state index contributed by atoms with van der Waals surface area (Å²) in [4.78, 5) is 4.36. The van der Waals surface area contributed by atoms with Crippen LogP contribution in [0.15, 0.2) is 12.1 Å². The van der Waals surface area contributed by atoms with Crippen LogP contribution in [0, 0.1) is 12.3 Å². The minimum atomic E-state index is 0.339. The van der Waals surface area contributed by atoms with E-state index in [4.69, 9.17) is 5.73 Å². The van der Waals surface area contributed by atoms with Crippen LogP contribution in [0.5, 0.6) is 0 Å². The zero-order valence-electron chi connectivity index (χ0n) is 10.1. The first-order chi connectivity index (χ1) is 6.88. The van der Waals surface area contributed by atoms with E-state index in [1.54, 1.807) is 0 Å². The van der Waals surface area contributed by atoms with Crippen LogP contribution in [0.25, 0.3) is 0 Å². The molecule has 0 atom stereocenters. The van der Waals surface area contributed by atoms with E-state index in [9.17, 15) is 0 Å². The van der Waals surface area contributed by atoms with Gasteiger partial charge in [-0.1, -0.05) is 20.8 Å². The van der Waals surface area contributed by atoms with Crippen molar-refractivity contribution in [1.29, 1.82) is 0 Å². The standard InChI is InChI=1S/C12H21N3/c1-9-5-6-10(13)11(15-9)14-8-7-12(2,3)4/h5-6H,7-8,13H2,1-4H3,(H,14,15). The molecule has 1 heterocycles. The first-order valence-electron chi connectivity index (χ1n) is 5.35. The van der Waals surface area contributed by atoms with Gasteiger partial charge in [0.1, 0.15) is 5.82 Å². The van der Waals surface area contributed by atoms with Crippen LogP contribution >= 0.6 is 0 Å². The Morgan fingerprint density at radius 3 is 2.60 bits per heavy atom. The Morgan fingerprint density at radius 2 is 2.00 bits per heavy atom. The number of aromatic nitrogens is 1. The number of anilines is 2. The minimum Gasteiger partial charge on any atom is -0.396 e. The number of nitrogens with zero attached hydrogens (tertiary/aromatic N) is 1. The Hall–Kier alpha value is -1.25. The van der Waals surface area contributed by atoms with Gasteiger partial charge in [0.15, 0.2) is 0 Å². The summed E-state index contributed by atoms with van der Waals surface area (Å²) in [7, 11) is 0. The highest BCUT2D eigenvalue weighted by Gasteiger charge is 2.09. The highest BCUT2D eigenvalue weighted by atomic mass is 15.0. The van der Waals surface area contributed by atoms with Gasteiger partial charge in [-0.3, -0.25) is 0 Å². The highest BCUT2D eigenvalue weighted by molar-refractivity contribution is 5.61. The highest BCUT2D eigenvalue weighted by Crippen LogP contribution is 2.20. The van der Waals surface area contributed by atoms with Crippen molar-refractivity contribution in [1.82, 2.24) is 4.98 Å². The molecule has 3 nitrogen and oxygen atoms in total. The zero-order valence-corrected chi connectivity index (χ0v) is 10.1. The van der Waals surface area contributed by atoms with Gasteiger partial charge in [-0.15, -0.1) is 0 Å². The fraction of sp³-hybridized carbons (Fsp3) is 0.583. The van der Waals surface area contributed by atoms with E-state index in [0.29, 0.717) is 5.41 Å². The summed E-state index contributed by atoms with van der Waals surface area (Å²) in [6, 6.07) is 3.81. The first-order valence-corrected chi connectivity index (χ1v) is 5.35. The molecule has 0 aliphatic carbocycles. The summed E-state index contributed by atoms with van der Waals surface area (Å²) in [5.74, 6) is 0.805. The van der Waals surface area contributed by atoms with E-state index in [1.165, 1.54) is 0 Å². The number of hydrogen-bond donors (Lipinski definition) is 2. The summed E-state index contributed by atoms with van der Waals surface area (Å²) >= 11 is 0. The number of pyridine rings is 1. The van der Waals surface area contributed by atoms with Crippen molar-refractivity contribution in [2.45, 2.75) is 34.1 Å². The van der Waals surface area contributed by atoms with Crippen molar-refractivity contribution in [3.8, 4) is 0 Å². The van der Waals surface area contributed by atoms with Gasteiger partial charge in [0, 0.05) is 12.2 Å². The van der Waals surface area contributed by atoms with Gasteiger partial charge in [-0.2, -0.15) is 0 Å². The maximum Gasteiger partial charge on any atom is 0.149 e. The lowest BCUT2D eigenvalue weighted by Crippen LogP contribution is -2.14. The van der Waals surface area contributed by atoms with Crippen molar-refractivity contribution in [3.05, 3.63) is 17.8 Å². The smallest absolute Gasteiger partial charge is 0.149 e. The second kappa shape index (κ2) is 4.51. The van der Waals surface area contributed by atoms with Crippen LogP contribution < -0.4 is 11.1 Å². The number of nitrogens with two attached hydrogens (primary N) is 1. The summed E-state index contributed by atoms with van der Waals surface area (Å²) in [5, 5.41) is 3.27. The molecule has 84 valence electrons. The van der Waals surface area contributed by atoms with E-state index in [0.717, 1.165) is 30.2 Å². The van der Waals surface area contributed by atoms with Gasteiger partial charge >= 0.3 is 0 Å². The lowest BCUT2D eigenvalue weighted by molar-refractivity contribution is 0.389. The number of rotatable bonds is 3. The molecule has 0 fully saturated rings. The number of nitrogens with one attached hydrogen (secondary N) is 1. The van der Waals surface area contributed by atoms with Crippen LogP contribution in [0.4, 0.5) is 11.5 Å². The van der Waals surface area contributed by atoms with E-state index in [2.05, 4.69) is 31.1 Å². The summed E-state index contributed by atoms with van der Waals surface area (Å²) in [5.41, 5.74) is 7.86. The van der Waals surface area contributed by atoms with Gasteiger partial charge < -0.3 is 11.1 Å². The van der Waals surface area contributed by atoms with E-state index in [1.807, 2.05) is 19.1 Å². The molecule has 0 unspecified atom stereocenters. The molecule has 0 aliphatic heterocycles. The van der Waals surface area contributed by atoms with E-state index in [-0.39, 0.29) is 0 Å². The Kier molecular flexibility index (Phi) is 3.56. The largest absolute Gasteiger partial charge is 0.396 e.